The highest BCUT2D eigenvalue weighted by Crippen LogP contribution is 2.65. The van der Waals surface area contributed by atoms with E-state index >= 15 is 0 Å². The van der Waals surface area contributed by atoms with Crippen LogP contribution in [0.5, 0.6) is 0 Å². The number of nitrogens with one attached hydrogen (secondary N) is 1. The Balaban J connectivity index is 2.15. The zero-order valence-electron chi connectivity index (χ0n) is 17.0. The lowest BCUT2D eigenvalue weighted by Gasteiger charge is -2.37. The third kappa shape index (κ3) is 3.85. The molecule has 0 bridgehead atoms. The number of rotatable bonds is 3. The first-order valence-corrected chi connectivity index (χ1v) is 9.12. The zero-order chi connectivity index (χ0) is 19.4. The van der Waals surface area contributed by atoms with Gasteiger partial charge in [-0.2, -0.15) is 0 Å². The zero-order valence-corrected chi connectivity index (χ0v) is 17.0. The van der Waals surface area contributed by atoms with Gasteiger partial charge in [0.25, 0.3) is 0 Å². The molecule has 25 heavy (non-hydrogen) atoms. The van der Waals surface area contributed by atoms with Gasteiger partial charge in [0.1, 0.15) is 11.6 Å². The highest BCUT2D eigenvalue weighted by atomic mass is 16.6. The number of hydrogen-bond donors (Lipinski definition) is 1. The molecule has 0 aromatic rings. The molecule has 1 saturated carbocycles. The van der Waals surface area contributed by atoms with Gasteiger partial charge in [0, 0.05) is 6.54 Å². The molecule has 2 aliphatic rings. The van der Waals surface area contributed by atoms with Gasteiger partial charge in [-0.1, -0.05) is 40.7 Å². The molecular formula is C20H34N2O3. The van der Waals surface area contributed by atoms with Crippen LogP contribution in [0.15, 0.2) is 12.7 Å². The molecule has 1 unspecified atom stereocenters. The van der Waals surface area contributed by atoms with Crippen molar-refractivity contribution in [1.82, 2.24) is 10.2 Å². The first-order chi connectivity index (χ1) is 11.2. The minimum atomic E-state index is -0.634. The minimum absolute atomic E-state index is 0.0396. The van der Waals surface area contributed by atoms with E-state index < -0.39 is 23.2 Å². The molecule has 5 heteroatoms. The summed E-state index contributed by atoms with van der Waals surface area (Å²) in [6, 6.07) is -0.594. The molecule has 1 aliphatic carbocycles. The molecule has 1 N–H and O–H groups in total. The van der Waals surface area contributed by atoms with Crippen LogP contribution in [-0.4, -0.2) is 41.1 Å². The van der Waals surface area contributed by atoms with E-state index in [0.29, 0.717) is 11.8 Å². The Kier molecular flexibility index (Phi) is 4.77. The van der Waals surface area contributed by atoms with Crippen LogP contribution >= 0.6 is 0 Å². The summed E-state index contributed by atoms with van der Waals surface area (Å²) < 4.78 is 5.35. The van der Waals surface area contributed by atoms with Crippen molar-refractivity contribution < 1.29 is 14.3 Å². The van der Waals surface area contributed by atoms with Crippen molar-refractivity contribution in [3.05, 3.63) is 12.7 Å². The van der Waals surface area contributed by atoms with Gasteiger partial charge >= 0.3 is 6.09 Å². The van der Waals surface area contributed by atoms with Crippen LogP contribution in [0.3, 0.4) is 0 Å². The maximum Gasteiger partial charge on any atom is 0.408 e. The van der Waals surface area contributed by atoms with Crippen molar-refractivity contribution in [2.24, 2.45) is 22.7 Å². The number of nitrogens with zero attached hydrogens (tertiary/aromatic N) is 1. The average Bonchev–Trinajstić information content (AvgIpc) is 2.81. The molecule has 2 rings (SSSR count). The van der Waals surface area contributed by atoms with E-state index in [-0.39, 0.29) is 17.4 Å². The van der Waals surface area contributed by atoms with E-state index in [2.05, 4.69) is 25.7 Å². The fraction of sp³-hybridized carbons (Fsp3) is 0.800. The molecule has 5 nitrogen and oxygen atoms in total. The van der Waals surface area contributed by atoms with Crippen LogP contribution in [-0.2, 0) is 9.53 Å². The topological polar surface area (TPSA) is 58.6 Å². The largest absolute Gasteiger partial charge is 0.444 e. The fourth-order valence-corrected chi connectivity index (χ4v) is 4.09. The number of carbonyl (C=O) groups excluding carboxylic acids is 2. The van der Waals surface area contributed by atoms with Crippen molar-refractivity contribution in [1.29, 1.82) is 0 Å². The number of hydrogen-bond acceptors (Lipinski definition) is 3. The second-order valence-electron chi connectivity index (χ2n) is 10.1. The number of ether oxygens (including phenoxy) is 1. The van der Waals surface area contributed by atoms with Gasteiger partial charge < -0.3 is 15.0 Å². The second kappa shape index (κ2) is 6.03. The fourth-order valence-electron chi connectivity index (χ4n) is 4.09. The van der Waals surface area contributed by atoms with E-state index in [4.69, 9.17) is 4.74 Å². The number of carbonyl (C=O) groups is 2. The lowest BCUT2D eigenvalue weighted by molar-refractivity contribution is -0.137. The lowest BCUT2D eigenvalue weighted by atomic mass is 9.85. The Morgan fingerprint density at radius 3 is 2.24 bits per heavy atom. The predicted molar refractivity (Wildman–Crippen MR) is 99.1 cm³/mol. The van der Waals surface area contributed by atoms with Gasteiger partial charge in [-0.3, -0.25) is 4.79 Å². The van der Waals surface area contributed by atoms with E-state index in [1.54, 1.807) is 0 Å². The number of alkyl carbamates (subject to hydrolysis) is 1. The number of piperidine rings is 1. The highest BCUT2D eigenvalue weighted by Gasteiger charge is 2.67. The number of likely N-dealkylation sites (tertiary alicyclic amines) is 1. The number of amides is 2. The van der Waals surface area contributed by atoms with Crippen LogP contribution in [0.1, 0.15) is 55.4 Å². The minimum Gasteiger partial charge on any atom is -0.444 e. The Hall–Kier alpha value is -1.52. The van der Waals surface area contributed by atoms with Gasteiger partial charge in [-0.05, 0) is 43.4 Å². The SMILES string of the molecule is C=C[C@@H]1[C@@H]2C(CN1C(=O)[C@@H](NC(=O)OC(C)(C)C)C(C)(C)C)C2(C)C. The van der Waals surface area contributed by atoms with Gasteiger partial charge in [0.05, 0.1) is 6.04 Å². The standard InChI is InChI=1S/C20H34N2O3/c1-10-13-14-12(20(14,8)9)11-22(13)16(23)15(18(2,3)4)21-17(24)25-19(5,6)7/h10,12-15H,1,11H2,2-9H3,(H,21,24)/t12?,13-,14+,15-/m1/s1. The summed E-state index contributed by atoms with van der Waals surface area (Å²) in [5.74, 6) is 0.934. The van der Waals surface area contributed by atoms with E-state index in [9.17, 15) is 9.59 Å². The Labute approximate surface area is 152 Å². The molecule has 1 heterocycles. The molecule has 0 aromatic heterocycles. The monoisotopic (exact) mass is 350 g/mol. The second-order valence-corrected chi connectivity index (χ2v) is 10.1. The number of fused-ring (bicyclic) bond motifs is 1. The molecule has 2 amide bonds. The van der Waals surface area contributed by atoms with Crippen molar-refractivity contribution in [2.45, 2.75) is 73.1 Å². The van der Waals surface area contributed by atoms with Gasteiger partial charge in [0.2, 0.25) is 5.91 Å². The predicted octanol–water partition coefficient (Wildman–Crippen LogP) is 3.59. The molecule has 4 atom stereocenters. The molecule has 142 valence electrons. The first kappa shape index (κ1) is 19.8. The maximum atomic E-state index is 13.2. The molecule has 0 radical (unpaired) electrons. The summed E-state index contributed by atoms with van der Waals surface area (Å²) in [5.41, 5.74) is -0.744. The van der Waals surface area contributed by atoms with Crippen molar-refractivity contribution in [2.75, 3.05) is 6.54 Å². The highest BCUT2D eigenvalue weighted by molar-refractivity contribution is 5.87. The molecule has 1 aliphatic heterocycles. The summed E-state index contributed by atoms with van der Waals surface area (Å²) in [4.78, 5) is 27.4. The lowest BCUT2D eigenvalue weighted by Crippen LogP contribution is -2.57. The van der Waals surface area contributed by atoms with Crippen molar-refractivity contribution in [3.8, 4) is 0 Å². The normalized spacial score (nSPS) is 28.8. The summed E-state index contributed by atoms with van der Waals surface area (Å²) in [6.45, 7) is 20.5. The third-order valence-electron chi connectivity index (χ3n) is 5.56. The van der Waals surface area contributed by atoms with Crippen LogP contribution in [0.4, 0.5) is 4.79 Å². The summed E-state index contributed by atoms with van der Waals surface area (Å²) in [7, 11) is 0. The van der Waals surface area contributed by atoms with E-state index in [1.165, 1.54) is 0 Å². The summed E-state index contributed by atoms with van der Waals surface area (Å²) >= 11 is 0. The van der Waals surface area contributed by atoms with Gasteiger partial charge in [0.15, 0.2) is 0 Å². The summed E-state index contributed by atoms with van der Waals surface area (Å²) in [6.07, 6.45) is 1.32. The quantitative estimate of drug-likeness (QED) is 0.791. The van der Waals surface area contributed by atoms with E-state index in [0.717, 1.165) is 6.54 Å². The van der Waals surface area contributed by atoms with Crippen molar-refractivity contribution >= 4 is 12.0 Å². The van der Waals surface area contributed by atoms with Crippen molar-refractivity contribution in [3.63, 3.8) is 0 Å². The Morgan fingerprint density at radius 1 is 1.24 bits per heavy atom. The Morgan fingerprint density at radius 2 is 1.80 bits per heavy atom. The Bertz CT molecular complexity index is 568. The third-order valence-corrected chi connectivity index (χ3v) is 5.56. The van der Waals surface area contributed by atoms with Crippen LogP contribution in [0.2, 0.25) is 0 Å². The maximum absolute atomic E-state index is 13.2. The van der Waals surface area contributed by atoms with Crippen LogP contribution < -0.4 is 5.32 Å². The smallest absolute Gasteiger partial charge is 0.408 e. The van der Waals surface area contributed by atoms with Gasteiger partial charge in [-0.15, -0.1) is 6.58 Å². The van der Waals surface area contributed by atoms with E-state index in [1.807, 2.05) is 52.5 Å². The van der Waals surface area contributed by atoms with Crippen LogP contribution in [0, 0.1) is 22.7 Å². The molecule has 1 saturated heterocycles. The summed E-state index contributed by atoms with van der Waals surface area (Å²) in [5, 5.41) is 2.80. The molecule has 0 aromatic carbocycles. The average molecular weight is 351 g/mol. The first-order valence-electron chi connectivity index (χ1n) is 9.12. The molecular weight excluding hydrogens is 316 g/mol. The van der Waals surface area contributed by atoms with Gasteiger partial charge in [-0.25, -0.2) is 4.79 Å². The molecule has 2 fully saturated rings. The molecule has 0 spiro atoms. The van der Waals surface area contributed by atoms with Crippen LogP contribution in [0.25, 0.3) is 0 Å².